The summed E-state index contributed by atoms with van der Waals surface area (Å²) in [5, 5.41) is 9.82. The molecule has 1 unspecified atom stereocenters. The molecule has 3 heterocycles. The van der Waals surface area contributed by atoms with Gasteiger partial charge in [0.1, 0.15) is 5.75 Å². The molecule has 3 aliphatic rings. The minimum Gasteiger partial charge on any atom is -0.497 e. The Morgan fingerprint density at radius 3 is 2.41 bits per heavy atom. The van der Waals surface area contributed by atoms with Crippen LogP contribution >= 0.6 is 0 Å². The summed E-state index contributed by atoms with van der Waals surface area (Å²) < 4.78 is 17.8. The van der Waals surface area contributed by atoms with E-state index in [1.165, 1.54) is 11.8 Å². The Labute approximate surface area is 298 Å². The maximum atomic E-state index is 14.9. The van der Waals surface area contributed by atoms with E-state index in [-0.39, 0.29) is 50.3 Å². The van der Waals surface area contributed by atoms with Crippen molar-refractivity contribution in [1.82, 2.24) is 4.90 Å². The van der Waals surface area contributed by atoms with Gasteiger partial charge in [-0.2, -0.15) is 0 Å². The normalized spacial score (nSPS) is 24.1. The van der Waals surface area contributed by atoms with E-state index in [2.05, 4.69) is 0 Å². The van der Waals surface area contributed by atoms with Crippen LogP contribution in [0, 0.1) is 5.92 Å². The van der Waals surface area contributed by atoms with Crippen molar-refractivity contribution in [1.29, 1.82) is 0 Å². The minimum atomic E-state index is -3.07. The van der Waals surface area contributed by atoms with Crippen LogP contribution in [0.4, 0.5) is 11.4 Å². The molecule has 51 heavy (non-hydrogen) atoms. The van der Waals surface area contributed by atoms with Crippen molar-refractivity contribution < 1.29 is 43.3 Å². The lowest BCUT2D eigenvalue weighted by Gasteiger charge is -2.39. The van der Waals surface area contributed by atoms with Gasteiger partial charge in [-0.15, -0.1) is 0 Å². The van der Waals surface area contributed by atoms with Crippen molar-refractivity contribution in [3.63, 3.8) is 0 Å². The van der Waals surface area contributed by atoms with Gasteiger partial charge in [0.25, 0.3) is 5.91 Å². The number of ether oxygens (including phenoxy) is 3. The number of aliphatic hydroxyl groups is 1. The highest BCUT2D eigenvalue weighted by Gasteiger charge is 2.66. The van der Waals surface area contributed by atoms with E-state index in [1.807, 2.05) is 49.4 Å². The molecule has 3 aliphatic heterocycles. The predicted octanol–water partition coefficient (Wildman–Crippen LogP) is 4.08. The summed E-state index contributed by atoms with van der Waals surface area (Å²) in [6, 6.07) is 22.1. The molecule has 12 nitrogen and oxygen atoms in total. The van der Waals surface area contributed by atoms with Gasteiger partial charge in [0, 0.05) is 42.7 Å². The standard InChI is InChI=1S/C38H45N3O9Si/c1-24-36(51(4,5)47)32(20-33(44)39(16-17-42)22-26-10-7-6-8-11-26)50-38(24)30-19-29(48-3)14-15-31(30)40(37(38)46)23-27-12-9-13-28(18-27)41-34(45)21-35(41)49-25(2)43/h6-15,18-19,24,32,35-36,42,47H,16-17,20-23H2,1-5H3/t24-,32+,35?,36-,38+/m0/s1. The van der Waals surface area contributed by atoms with Crippen LogP contribution in [-0.4, -0.2) is 79.4 Å². The smallest absolute Gasteiger partial charge is 0.304 e. The highest BCUT2D eigenvalue weighted by Crippen LogP contribution is 2.60. The van der Waals surface area contributed by atoms with Gasteiger partial charge in [-0.05, 0) is 54.6 Å². The molecular weight excluding hydrogens is 671 g/mol. The summed E-state index contributed by atoms with van der Waals surface area (Å²) in [5.74, 6) is -1.21. The van der Waals surface area contributed by atoms with E-state index >= 15 is 0 Å². The molecule has 13 heteroatoms. The third kappa shape index (κ3) is 6.78. The summed E-state index contributed by atoms with van der Waals surface area (Å²) in [5.41, 5.74) is 1.40. The summed E-state index contributed by atoms with van der Waals surface area (Å²) >= 11 is 0. The van der Waals surface area contributed by atoms with Gasteiger partial charge >= 0.3 is 5.97 Å². The molecule has 1 spiro atoms. The van der Waals surface area contributed by atoms with E-state index in [0.29, 0.717) is 29.2 Å². The number of aliphatic hydroxyl groups excluding tert-OH is 1. The van der Waals surface area contributed by atoms with E-state index in [1.54, 1.807) is 60.3 Å². The SMILES string of the molecule is COc1ccc2c(c1)[C@@]1(O[C@H](CC(=O)N(CCO)Cc3ccccc3)[C@@H]([Si](C)(C)O)[C@@H]1C)C(=O)N2Cc1cccc(N2C(=O)CC2OC(C)=O)c1. The predicted molar refractivity (Wildman–Crippen MR) is 191 cm³/mol. The molecule has 5 atom stereocenters. The fourth-order valence-corrected chi connectivity index (χ4v) is 10.6. The summed E-state index contributed by atoms with van der Waals surface area (Å²) in [6.07, 6.45) is -1.45. The number of hydrogen-bond donors (Lipinski definition) is 2. The third-order valence-electron chi connectivity index (χ3n) is 10.2. The second kappa shape index (κ2) is 14.2. The summed E-state index contributed by atoms with van der Waals surface area (Å²) in [6.45, 7) is 7.16. The van der Waals surface area contributed by atoms with Crippen LogP contribution in [0.1, 0.15) is 43.4 Å². The van der Waals surface area contributed by atoms with Crippen LogP contribution < -0.4 is 14.5 Å². The number of rotatable bonds is 12. The number of esters is 1. The first kappa shape index (κ1) is 36.2. The second-order valence-electron chi connectivity index (χ2n) is 14.1. The Morgan fingerprint density at radius 1 is 1.04 bits per heavy atom. The number of hydrogen-bond acceptors (Lipinski definition) is 9. The number of carbonyl (C=O) groups excluding carboxylic acids is 4. The van der Waals surface area contributed by atoms with Gasteiger partial charge in [0.05, 0.1) is 44.9 Å². The molecule has 3 aromatic rings. The Hall–Kier alpha value is -4.56. The fourth-order valence-electron chi connectivity index (χ4n) is 8.03. The lowest BCUT2D eigenvalue weighted by atomic mass is 9.82. The Morgan fingerprint density at radius 2 is 1.76 bits per heavy atom. The largest absolute Gasteiger partial charge is 0.497 e. The van der Waals surface area contributed by atoms with E-state index in [9.17, 15) is 29.1 Å². The van der Waals surface area contributed by atoms with Crippen molar-refractivity contribution in [2.45, 2.75) is 76.3 Å². The van der Waals surface area contributed by atoms with Crippen molar-refractivity contribution in [3.05, 3.63) is 89.5 Å². The molecule has 6 rings (SSSR count). The second-order valence-corrected chi connectivity index (χ2v) is 18.0. The first-order valence-electron chi connectivity index (χ1n) is 17.2. The molecule has 2 saturated heterocycles. The van der Waals surface area contributed by atoms with Crippen molar-refractivity contribution in [2.75, 3.05) is 30.1 Å². The molecule has 0 aliphatic carbocycles. The van der Waals surface area contributed by atoms with E-state index in [0.717, 1.165) is 11.1 Å². The van der Waals surface area contributed by atoms with Crippen LogP contribution in [0.15, 0.2) is 72.8 Å². The van der Waals surface area contributed by atoms with Gasteiger partial charge in [-0.3, -0.25) is 24.1 Å². The fraction of sp³-hybridized carbons (Fsp3) is 0.421. The molecule has 2 N–H and O–H groups in total. The van der Waals surface area contributed by atoms with Gasteiger partial charge in [0.15, 0.2) is 20.1 Å². The molecule has 2 fully saturated rings. The molecule has 0 aromatic heterocycles. The number of methoxy groups -OCH3 is 1. The van der Waals surface area contributed by atoms with Gasteiger partial charge < -0.3 is 33.9 Å². The van der Waals surface area contributed by atoms with Crippen LogP contribution in [0.5, 0.6) is 5.75 Å². The average Bonchev–Trinajstić information content (AvgIpc) is 3.50. The number of carbonyl (C=O) groups is 4. The van der Waals surface area contributed by atoms with Crippen LogP contribution in [0.3, 0.4) is 0 Å². The monoisotopic (exact) mass is 715 g/mol. The van der Waals surface area contributed by atoms with E-state index in [4.69, 9.17) is 14.2 Å². The maximum absolute atomic E-state index is 14.9. The third-order valence-corrected chi connectivity index (χ3v) is 12.7. The van der Waals surface area contributed by atoms with E-state index < -0.39 is 43.7 Å². The minimum absolute atomic E-state index is 0.0808. The van der Waals surface area contributed by atoms with Crippen molar-refractivity contribution in [3.8, 4) is 5.75 Å². The first-order chi connectivity index (χ1) is 24.3. The lowest BCUT2D eigenvalue weighted by Crippen LogP contribution is -2.54. The summed E-state index contributed by atoms with van der Waals surface area (Å²) in [7, 11) is -1.52. The molecule has 3 aromatic carbocycles. The van der Waals surface area contributed by atoms with Crippen LogP contribution in [0.25, 0.3) is 0 Å². The molecular formula is C38H45N3O9Si. The molecule has 3 amide bonds. The topological polar surface area (TPSA) is 146 Å². The van der Waals surface area contributed by atoms with Gasteiger partial charge in [-0.25, -0.2) is 0 Å². The lowest BCUT2D eigenvalue weighted by molar-refractivity contribution is -0.154. The zero-order valence-electron chi connectivity index (χ0n) is 29.6. The number of fused-ring (bicyclic) bond motifs is 2. The Balaban J connectivity index is 1.33. The Bertz CT molecular complexity index is 1820. The average molecular weight is 716 g/mol. The van der Waals surface area contributed by atoms with Crippen molar-refractivity contribution >= 4 is 43.4 Å². The number of benzene rings is 3. The highest BCUT2D eigenvalue weighted by molar-refractivity contribution is 6.71. The van der Waals surface area contributed by atoms with Crippen LogP contribution in [0.2, 0.25) is 18.6 Å². The molecule has 0 bridgehead atoms. The zero-order chi connectivity index (χ0) is 36.7. The first-order valence-corrected chi connectivity index (χ1v) is 20.2. The zero-order valence-corrected chi connectivity index (χ0v) is 30.6. The molecule has 0 radical (unpaired) electrons. The number of nitrogens with zero attached hydrogens (tertiary/aromatic N) is 3. The van der Waals surface area contributed by atoms with Gasteiger partial charge in [-0.1, -0.05) is 49.4 Å². The maximum Gasteiger partial charge on any atom is 0.304 e. The van der Waals surface area contributed by atoms with Gasteiger partial charge in [0.2, 0.25) is 11.8 Å². The molecule has 270 valence electrons. The molecule has 0 saturated carbocycles. The quantitative estimate of drug-likeness (QED) is 0.161. The van der Waals surface area contributed by atoms with Crippen molar-refractivity contribution in [2.24, 2.45) is 5.92 Å². The van der Waals surface area contributed by atoms with Crippen LogP contribution in [-0.2, 0) is 47.3 Å². The summed E-state index contributed by atoms with van der Waals surface area (Å²) in [4.78, 5) is 69.4. The Kier molecular flexibility index (Phi) is 10.1. The number of anilines is 2. The number of amides is 3. The number of β-lactam (4-membered cyclic amide) rings is 1. The highest BCUT2D eigenvalue weighted by atomic mass is 28.4.